The summed E-state index contributed by atoms with van der Waals surface area (Å²) >= 11 is 0. The fraction of sp³-hybridized carbons (Fsp3) is 0.167. The number of ether oxygens (including phenoxy) is 3. The first-order chi connectivity index (χ1) is 15.0. The van der Waals surface area contributed by atoms with Crippen molar-refractivity contribution in [1.82, 2.24) is 0 Å². The summed E-state index contributed by atoms with van der Waals surface area (Å²) < 4.78 is 15.9. The molecule has 2 N–H and O–H groups in total. The second kappa shape index (κ2) is 10.2. The van der Waals surface area contributed by atoms with Crippen LogP contribution in [0.15, 0.2) is 66.7 Å². The average Bonchev–Trinajstić information content (AvgIpc) is 2.79. The molecule has 0 saturated carbocycles. The molecule has 0 heterocycles. The van der Waals surface area contributed by atoms with Crippen LogP contribution >= 0.6 is 0 Å². The van der Waals surface area contributed by atoms with Gasteiger partial charge in [-0.05, 0) is 29.8 Å². The van der Waals surface area contributed by atoms with Crippen LogP contribution in [0.1, 0.15) is 15.9 Å². The van der Waals surface area contributed by atoms with E-state index in [9.17, 15) is 9.59 Å². The number of carbonyl (C=O) groups excluding carboxylic acids is 2. The zero-order valence-corrected chi connectivity index (χ0v) is 17.6. The Bertz CT molecular complexity index is 1020. The van der Waals surface area contributed by atoms with Gasteiger partial charge in [-0.1, -0.05) is 30.3 Å². The van der Waals surface area contributed by atoms with Gasteiger partial charge < -0.3 is 24.8 Å². The first kappa shape index (κ1) is 21.7. The van der Waals surface area contributed by atoms with Crippen molar-refractivity contribution in [3.8, 4) is 17.2 Å². The van der Waals surface area contributed by atoms with Crippen molar-refractivity contribution in [1.29, 1.82) is 0 Å². The van der Waals surface area contributed by atoms with E-state index >= 15 is 0 Å². The Morgan fingerprint density at radius 2 is 1.35 bits per heavy atom. The van der Waals surface area contributed by atoms with Crippen molar-refractivity contribution in [2.45, 2.75) is 6.42 Å². The number of nitrogens with one attached hydrogen (secondary N) is 2. The van der Waals surface area contributed by atoms with Gasteiger partial charge in [0.05, 0.1) is 27.8 Å². The molecule has 0 saturated heterocycles. The molecule has 7 nitrogen and oxygen atoms in total. The van der Waals surface area contributed by atoms with Gasteiger partial charge in [-0.15, -0.1) is 0 Å². The van der Waals surface area contributed by atoms with E-state index in [0.717, 1.165) is 5.56 Å². The minimum atomic E-state index is -0.309. The van der Waals surface area contributed by atoms with Crippen molar-refractivity contribution in [3.05, 3.63) is 77.9 Å². The molecule has 0 radical (unpaired) electrons. The summed E-state index contributed by atoms with van der Waals surface area (Å²) in [6.45, 7) is 0. The van der Waals surface area contributed by atoms with Gasteiger partial charge in [0, 0.05) is 29.1 Å². The number of benzene rings is 3. The van der Waals surface area contributed by atoms with Gasteiger partial charge in [-0.25, -0.2) is 0 Å². The van der Waals surface area contributed by atoms with Crippen LogP contribution in [0.4, 0.5) is 11.4 Å². The number of anilines is 2. The Kier molecular flexibility index (Phi) is 7.11. The van der Waals surface area contributed by atoms with E-state index in [-0.39, 0.29) is 18.2 Å². The van der Waals surface area contributed by atoms with Gasteiger partial charge in [-0.3, -0.25) is 9.59 Å². The maximum absolute atomic E-state index is 12.6. The van der Waals surface area contributed by atoms with Crippen LogP contribution in [0.25, 0.3) is 0 Å². The number of hydrogen-bond acceptors (Lipinski definition) is 5. The van der Waals surface area contributed by atoms with Crippen molar-refractivity contribution in [3.63, 3.8) is 0 Å². The lowest BCUT2D eigenvalue weighted by molar-refractivity contribution is -0.115. The molecule has 0 aliphatic heterocycles. The molecule has 0 spiro atoms. The molecule has 0 aliphatic rings. The fourth-order valence-corrected chi connectivity index (χ4v) is 3.05. The summed E-state index contributed by atoms with van der Waals surface area (Å²) in [5, 5.41) is 5.64. The molecule has 31 heavy (non-hydrogen) atoms. The van der Waals surface area contributed by atoms with E-state index < -0.39 is 0 Å². The molecule has 0 fully saturated rings. The second-order valence-corrected chi connectivity index (χ2v) is 6.66. The van der Waals surface area contributed by atoms with Gasteiger partial charge >= 0.3 is 0 Å². The predicted octanol–water partition coefficient (Wildman–Crippen LogP) is 4.15. The molecular formula is C24H24N2O5. The quantitative estimate of drug-likeness (QED) is 0.572. The van der Waals surface area contributed by atoms with Gasteiger partial charge in [0.2, 0.25) is 11.7 Å². The first-order valence-corrected chi connectivity index (χ1v) is 9.59. The summed E-state index contributed by atoms with van der Waals surface area (Å²) in [4.78, 5) is 24.8. The Morgan fingerprint density at radius 3 is 1.90 bits per heavy atom. The highest BCUT2D eigenvalue weighted by molar-refractivity contribution is 6.05. The highest BCUT2D eigenvalue weighted by atomic mass is 16.5. The SMILES string of the molecule is COc1cc(NC(=O)c2ccc(NC(=O)Cc3ccccc3)cc2)cc(OC)c1OC. The average molecular weight is 420 g/mol. The molecule has 0 aromatic heterocycles. The molecule has 3 aromatic carbocycles. The molecule has 0 aliphatic carbocycles. The van der Waals surface area contributed by atoms with E-state index in [1.807, 2.05) is 30.3 Å². The summed E-state index contributed by atoms with van der Waals surface area (Å²) in [5.74, 6) is 0.887. The third-order valence-electron chi connectivity index (χ3n) is 4.56. The predicted molar refractivity (Wildman–Crippen MR) is 119 cm³/mol. The van der Waals surface area contributed by atoms with E-state index in [1.165, 1.54) is 21.3 Å². The number of carbonyl (C=O) groups is 2. The standard InChI is InChI=1S/C24H24N2O5/c1-29-20-14-19(15-21(30-2)23(20)31-3)26-24(28)17-9-11-18(12-10-17)25-22(27)13-16-7-5-4-6-8-16/h4-12,14-15H,13H2,1-3H3,(H,25,27)(H,26,28). The Hall–Kier alpha value is -4.00. The maximum Gasteiger partial charge on any atom is 0.255 e. The van der Waals surface area contributed by atoms with Crippen LogP contribution in [0.2, 0.25) is 0 Å². The van der Waals surface area contributed by atoms with Crippen LogP contribution in [-0.2, 0) is 11.2 Å². The van der Waals surface area contributed by atoms with Gasteiger partial charge in [0.25, 0.3) is 5.91 Å². The minimum absolute atomic E-state index is 0.124. The molecular weight excluding hydrogens is 396 g/mol. The number of methoxy groups -OCH3 is 3. The largest absolute Gasteiger partial charge is 0.493 e. The molecule has 0 bridgehead atoms. The van der Waals surface area contributed by atoms with Gasteiger partial charge in [-0.2, -0.15) is 0 Å². The fourth-order valence-electron chi connectivity index (χ4n) is 3.05. The highest BCUT2D eigenvalue weighted by Gasteiger charge is 2.15. The summed E-state index contributed by atoms with van der Waals surface area (Å²) in [5.41, 5.74) is 2.49. The maximum atomic E-state index is 12.6. The van der Waals surface area contributed by atoms with Crippen LogP contribution in [0.3, 0.4) is 0 Å². The zero-order valence-electron chi connectivity index (χ0n) is 17.6. The minimum Gasteiger partial charge on any atom is -0.493 e. The van der Waals surface area contributed by atoms with Crippen LogP contribution < -0.4 is 24.8 Å². The first-order valence-electron chi connectivity index (χ1n) is 9.59. The van der Waals surface area contributed by atoms with Crippen LogP contribution in [0, 0.1) is 0 Å². The van der Waals surface area contributed by atoms with Gasteiger partial charge in [0.1, 0.15) is 0 Å². The Labute approximate surface area is 180 Å². The molecule has 3 aromatic rings. The second-order valence-electron chi connectivity index (χ2n) is 6.66. The molecule has 2 amide bonds. The number of amides is 2. The third-order valence-corrected chi connectivity index (χ3v) is 4.56. The molecule has 0 unspecified atom stereocenters. The van der Waals surface area contributed by atoms with Crippen molar-refractivity contribution >= 4 is 23.2 Å². The molecule has 3 rings (SSSR count). The summed E-state index contributed by atoms with van der Waals surface area (Å²) in [6.07, 6.45) is 0.282. The van der Waals surface area contributed by atoms with Gasteiger partial charge in [0.15, 0.2) is 11.5 Å². The third kappa shape index (κ3) is 5.54. The number of hydrogen-bond donors (Lipinski definition) is 2. The zero-order chi connectivity index (χ0) is 22.2. The smallest absolute Gasteiger partial charge is 0.255 e. The van der Waals surface area contributed by atoms with E-state index in [2.05, 4.69) is 10.6 Å². The lowest BCUT2D eigenvalue weighted by Crippen LogP contribution is -2.15. The normalized spacial score (nSPS) is 10.2. The van der Waals surface area contributed by atoms with E-state index in [1.54, 1.807) is 36.4 Å². The van der Waals surface area contributed by atoms with Crippen molar-refractivity contribution < 1.29 is 23.8 Å². The lowest BCUT2D eigenvalue weighted by atomic mass is 10.1. The lowest BCUT2D eigenvalue weighted by Gasteiger charge is -2.14. The molecule has 160 valence electrons. The van der Waals surface area contributed by atoms with Crippen molar-refractivity contribution in [2.24, 2.45) is 0 Å². The molecule has 7 heteroatoms. The number of rotatable bonds is 8. The van der Waals surface area contributed by atoms with E-state index in [0.29, 0.717) is 34.2 Å². The Balaban J connectivity index is 1.66. The molecule has 0 atom stereocenters. The van der Waals surface area contributed by atoms with E-state index in [4.69, 9.17) is 14.2 Å². The van der Waals surface area contributed by atoms with Crippen LogP contribution in [0.5, 0.6) is 17.2 Å². The van der Waals surface area contributed by atoms with Crippen LogP contribution in [-0.4, -0.2) is 33.1 Å². The summed E-state index contributed by atoms with van der Waals surface area (Å²) in [7, 11) is 4.53. The monoisotopic (exact) mass is 420 g/mol. The topological polar surface area (TPSA) is 85.9 Å². The highest BCUT2D eigenvalue weighted by Crippen LogP contribution is 2.40. The summed E-state index contributed by atoms with van der Waals surface area (Å²) in [6, 6.07) is 19.5. The Morgan fingerprint density at radius 1 is 0.742 bits per heavy atom. The van der Waals surface area contributed by atoms with Crippen molar-refractivity contribution in [2.75, 3.05) is 32.0 Å².